The van der Waals surface area contributed by atoms with Crippen LogP contribution in [0.15, 0.2) is 54.6 Å². The second-order valence-corrected chi connectivity index (χ2v) is 8.64. The zero-order valence-electron chi connectivity index (χ0n) is 17.6. The lowest BCUT2D eigenvalue weighted by atomic mass is 9.78. The van der Waals surface area contributed by atoms with Crippen LogP contribution in [0.3, 0.4) is 0 Å². The third-order valence-corrected chi connectivity index (χ3v) is 6.62. The van der Waals surface area contributed by atoms with Gasteiger partial charge in [-0.2, -0.15) is 0 Å². The first-order chi connectivity index (χ1) is 15.7. The van der Waals surface area contributed by atoms with Crippen LogP contribution in [0.25, 0.3) is 6.08 Å². The molecule has 2 aliphatic rings. The number of imide groups is 1. The molecule has 2 amide bonds. The summed E-state index contributed by atoms with van der Waals surface area (Å²) in [4.78, 5) is 51.8. The maximum absolute atomic E-state index is 13.5. The van der Waals surface area contributed by atoms with E-state index in [1.807, 2.05) is 30.3 Å². The predicted octanol–water partition coefficient (Wildman–Crippen LogP) is 2.74. The number of halogens is 1. The fourth-order valence-electron chi connectivity index (χ4n) is 4.64. The van der Waals surface area contributed by atoms with E-state index in [1.165, 1.54) is 6.07 Å². The Kier molecular flexibility index (Phi) is 5.82. The summed E-state index contributed by atoms with van der Waals surface area (Å²) >= 11 is 6.19. The highest BCUT2D eigenvalue weighted by Gasteiger charge is 2.68. The number of fused-ring (bicyclic) bond motifs is 1. The van der Waals surface area contributed by atoms with Crippen LogP contribution < -0.4 is 10.2 Å². The molecular weight excluding hydrogens is 448 g/mol. The molecule has 0 aliphatic carbocycles. The summed E-state index contributed by atoms with van der Waals surface area (Å²) in [5.41, 5.74) is -0.370. The number of hydrogen-bond donors (Lipinski definition) is 3. The fourth-order valence-corrected chi connectivity index (χ4v) is 4.81. The number of carbonyl (C=O) groups is 4. The lowest BCUT2D eigenvalue weighted by molar-refractivity contribution is -0.154. The van der Waals surface area contributed by atoms with E-state index in [4.69, 9.17) is 11.6 Å². The highest BCUT2D eigenvalue weighted by molar-refractivity contribution is 6.32. The molecule has 2 heterocycles. The Morgan fingerprint density at radius 3 is 2.42 bits per heavy atom. The Labute approximate surface area is 194 Å². The van der Waals surface area contributed by atoms with Crippen molar-refractivity contribution in [2.45, 2.75) is 24.9 Å². The van der Waals surface area contributed by atoms with Gasteiger partial charge in [-0.1, -0.05) is 60.2 Å². The molecule has 4 atom stereocenters. The molecule has 33 heavy (non-hydrogen) atoms. The molecular formula is C24H21ClN2O6. The average Bonchev–Trinajstić information content (AvgIpc) is 3.23. The zero-order valence-corrected chi connectivity index (χ0v) is 18.3. The van der Waals surface area contributed by atoms with Gasteiger partial charge >= 0.3 is 11.9 Å². The number of carboxylic acids is 2. The molecule has 4 rings (SSSR count). The van der Waals surface area contributed by atoms with Crippen molar-refractivity contribution in [1.29, 1.82) is 0 Å². The van der Waals surface area contributed by atoms with Crippen LogP contribution in [0.4, 0.5) is 5.69 Å². The van der Waals surface area contributed by atoms with Crippen molar-refractivity contribution >= 4 is 47.1 Å². The van der Waals surface area contributed by atoms with Crippen LogP contribution in [-0.2, 0) is 19.2 Å². The van der Waals surface area contributed by atoms with Crippen LogP contribution in [0.2, 0.25) is 5.02 Å². The van der Waals surface area contributed by atoms with Gasteiger partial charge in [0.15, 0.2) is 0 Å². The van der Waals surface area contributed by atoms with E-state index < -0.39 is 53.6 Å². The normalized spacial score (nSPS) is 26.7. The molecule has 9 heteroatoms. The van der Waals surface area contributed by atoms with Gasteiger partial charge in [-0.3, -0.25) is 24.5 Å². The molecule has 0 aromatic heterocycles. The third kappa shape index (κ3) is 3.81. The van der Waals surface area contributed by atoms with Crippen LogP contribution in [0, 0.1) is 18.8 Å². The van der Waals surface area contributed by atoms with Gasteiger partial charge in [0.1, 0.15) is 5.54 Å². The Morgan fingerprint density at radius 2 is 1.82 bits per heavy atom. The number of carbonyl (C=O) groups excluding carboxylic acids is 2. The number of nitrogens with one attached hydrogen (secondary N) is 1. The van der Waals surface area contributed by atoms with E-state index in [2.05, 4.69) is 5.32 Å². The lowest BCUT2D eigenvalue weighted by Gasteiger charge is -2.29. The number of amides is 2. The van der Waals surface area contributed by atoms with Gasteiger partial charge in [0.05, 0.1) is 23.9 Å². The van der Waals surface area contributed by atoms with E-state index in [-0.39, 0.29) is 5.69 Å². The van der Waals surface area contributed by atoms with E-state index in [9.17, 15) is 29.4 Å². The number of anilines is 1. The van der Waals surface area contributed by atoms with Crippen LogP contribution >= 0.6 is 11.6 Å². The van der Waals surface area contributed by atoms with Gasteiger partial charge in [0.25, 0.3) is 0 Å². The summed E-state index contributed by atoms with van der Waals surface area (Å²) in [7, 11) is 0. The molecule has 0 spiro atoms. The second kappa shape index (κ2) is 8.46. The van der Waals surface area contributed by atoms with Crippen molar-refractivity contribution in [2.75, 3.05) is 4.90 Å². The molecule has 2 fully saturated rings. The van der Waals surface area contributed by atoms with Crippen LogP contribution in [-0.4, -0.2) is 45.5 Å². The number of benzene rings is 2. The van der Waals surface area contributed by atoms with E-state index in [0.29, 0.717) is 5.02 Å². The van der Waals surface area contributed by atoms with Gasteiger partial charge in [0, 0.05) is 11.1 Å². The number of nitrogens with zero attached hydrogens (tertiary/aromatic N) is 1. The summed E-state index contributed by atoms with van der Waals surface area (Å²) in [6, 6.07) is 12.9. The van der Waals surface area contributed by atoms with Gasteiger partial charge in [0.2, 0.25) is 11.8 Å². The first-order valence-corrected chi connectivity index (χ1v) is 10.6. The van der Waals surface area contributed by atoms with E-state index >= 15 is 0 Å². The minimum Gasteiger partial charge on any atom is -0.481 e. The zero-order chi connectivity index (χ0) is 23.9. The number of carboxylic acid groups (broad SMARTS) is 2. The van der Waals surface area contributed by atoms with Gasteiger partial charge in [-0.15, -0.1) is 0 Å². The molecule has 8 nitrogen and oxygen atoms in total. The van der Waals surface area contributed by atoms with Gasteiger partial charge in [-0.05, 0) is 30.2 Å². The Balaban J connectivity index is 1.80. The quantitative estimate of drug-likeness (QED) is 0.557. The SMILES string of the molecule is Cc1ccc(N2C(=O)C3C(C=Cc4ccccc4)NC(CC(=O)O)(C(=O)O)C3C2=O)cc1Cl. The summed E-state index contributed by atoms with van der Waals surface area (Å²) in [5.74, 6) is -6.75. The highest BCUT2D eigenvalue weighted by Crippen LogP contribution is 2.46. The largest absolute Gasteiger partial charge is 0.481 e. The highest BCUT2D eigenvalue weighted by atomic mass is 35.5. The summed E-state index contributed by atoms with van der Waals surface area (Å²) in [6.07, 6.45) is 2.45. The molecule has 2 aliphatic heterocycles. The number of aliphatic carboxylic acids is 2. The first-order valence-electron chi connectivity index (χ1n) is 10.3. The summed E-state index contributed by atoms with van der Waals surface area (Å²) in [5, 5.41) is 22.7. The van der Waals surface area contributed by atoms with Gasteiger partial charge < -0.3 is 10.2 Å². The molecule has 4 unspecified atom stereocenters. The summed E-state index contributed by atoms with van der Waals surface area (Å²) < 4.78 is 0. The van der Waals surface area contributed by atoms with Crippen molar-refractivity contribution < 1.29 is 29.4 Å². The summed E-state index contributed by atoms with van der Waals surface area (Å²) in [6.45, 7) is 1.77. The molecule has 2 aromatic carbocycles. The molecule has 2 saturated heterocycles. The molecule has 3 N–H and O–H groups in total. The predicted molar refractivity (Wildman–Crippen MR) is 121 cm³/mol. The van der Waals surface area contributed by atoms with Crippen molar-refractivity contribution in [3.05, 3.63) is 70.8 Å². The molecule has 0 saturated carbocycles. The minimum atomic E-state index is -2.14. The van der Waals surface area contributed by atoms with Crippen LogP contribution in [0.1, 0.15) is 17.5 Å². The Hall–Kier alpha value is -3.49. The van der Waals surface area contributed by atoms with E-state index in [1.54, 1.807) is 31.2 Å². The van der Waals surface area contributed by atoms with Crippen molar-refractivity contribution in [3.63, 3.8) is 0 Å². The molecule has 0 radical (unpaired) electrons. The topological polar surface area (TPSA) is 124 Å². The minimum absolute atomic E-state index is 0.218. The standard InChI is InChI=1S/C24H21ClN2O6/c1-13-7-9-15(11-16(13)25)27-21(30)19-17(10-8-14-5-3-2-4-6-14)26-24(23(32)33,12-18(28)29)20(19)22(27)31/h2-11,17,19-20,26H,12H2,1H3,(H,28,29)(H,32,33). The maximum atomic E-state index is 13.5. The third-order valence-electron chi connectivity index (χ3n) is 6.21. The Bertz CT molecular complexity index is 1180. The fraction of sp³-hybridized carbons (Fsp3) is 0.250. The van der Waals surface area contributed by atoms with Crippen molar-refractivity contribution in [1.82, 2.24) is 5.32 Å². The number of aryl methyl sites for hydroxylation is 1. The second-order valence-electron chi connectivity index (χ2n) is 8.24. The van der Waals surface area contributed by atoms with E-state index in [0.717, 1.165) is 16.0 Å². The van der Waals surface area contributed by atoms with Gasteiger partial charge in [-0.25, -0.2) is 4.90 Å². The maximum Gasteiger partial charge on any atom is 0.325 e. The number of hydrogen-bond acceptors (Lipinski definition) is 5. The molecule has 170 valence electrons. The smallest absolute Gasteiger partial charge is 0.325 e. The number of rotatable bonds is 6. The monoisotopic (exact) mass is 468 g/mol. The molecule has 0 bridgehead atoms. The molecule has 2 aromatic rings. The van der Waals surface area contributed by atoms with Crippen molar-refractivity contribution in [3.8, 4) is 0 Å². The first kappa shape index (κ1) is 22.7. The lowest BCUT2D eigenvalue weighted by Crippen LogP contribution is -2.57. The van der Waals surface area contributed by atoms with Crippen LogP contribution in [0.5, 0.6) is 0 Å². The van der Waals surface area contributed by atoms with Crippen molar-refractivity contribution in [2.24, 2.45) is 11.8 Å². The average molecular weight is 469 g/mol. The Morgan fingerprint density at radius 1 is 1.12 bits per heavy atom.